The first kappa shape index (κ1) is 15.7. The first-order valence-corrected chi connectivity index (χ1v) is 9.70. The van der Waals surface area contributed by atoms with E-state index in [1.807, 2.05) is 16.5 Å². The predicted molar refractivity (Wildman–Crippen MR) is 94.8 cm³/mol. The molecular formula is C18H24N4OS. The van der Waals surface area contributed by atoms with Crippen molar-refractivity contribution in [2.75, 3.05) is 6.54 Å². The quantitative estimate of drug-likeness (QED) is 0.915. The van der Waals surface area contributed by atoms with Crippen LogP contribution in [0.2, 0.25) is 0 Å². The molecule has 1 aliphatic carbocycles. The van der Waals surface area contributed by atoms with E-state index in [2.05, 4.69) is 40.2 Å². The van der Waals surface area contributed by atoms with Gasteiger partial charge in [0.1, 0.15) is 5.01 Å². The summed E-state index contributed by atoms with van der Waals surface area (Å²) in [5.74, 6) is 0.554. The highest BCUT2D eigenvalue weighted by Crippen LogP contribution is 2.42. The van der Waals surface area contributed by atoms with Crippen LogP contribution in [0.1, 0.15) is 54.9 Å². The van der Waals surface area contributed by atoms with Crippen molar-refractivity contribution in [3.63, 3.8) is 0 Å². The maximum atomic E-state index is 13.0. The number of hydrogen-bond donors (Lipinski definition) is 1. The van der Waals surface area contributed by atoms with Gasteiger partial charge in [-0.05, 0) is 50.2 Å². The lowest BCUT2D eigenvalue weighted by atomic mass is 9.99. The van der Waals surface area contributed by atoms with Crippen molar-refractivity contribution < 1.29 is 4.79 Å². The molecule has 3 heterocycles. The number of amides is 2. The number of carbonyl (C=O) groups excluding carboxylic acids is 1. The molecule has 6 heteroatoms. The van der Waals surface area contributed by atoms with Crippen LogP contribution >= 0.6 is 11.3 Å². The molecule has 1 N–H and O–H groups in total. The van der Waals surface area contributed by atoms with Crippen LogP contribution in [-0.4, -0.2) is 27.0 Å². The average Bonchev–Trinajstić information content (AvgIpc) is 3.11. The fourth-order valence-electron chi connectivity index (χ4n) is 3.72. The molecule has 2 aromatic rings. The van der Waals surface area contributed by atoms with E-state index in [1.165, 1.54) is 25.0 Å². The van der Waals surface area contributed by atoms with Crippen LogP contribution in [0.15, 0.2) is 29.9 Å². The maximum Gasteiger partial charge on any atom is 0.318 e. The predicted octanol–water partition coefficient (Wildman–Crippen LogP) is 3.87. The van der Waals surface area contributed by atoms with Gasteiger partial charge in [-0.25, -0.2) is 9.78 Å². The lowest BCUT2D eigenvalue weighted by molar-refractivity contribution is 0.144. The summed E-state index contributed by atoms with van der Waals surface area (Å²) in [6.45, 7) is 0.830. The summed E-state index contributed by atoms with van der Waals surface area (Å²) in [6, 6.07) is 4.51. The van der Waals surface area contributed by atoms with E-state index in [0.29, 0.717) is 5.92 Å². The summed E-state index contributed by atoms with van der Waals surface area (Å²) in [7, 11) is 2.06. The first-order valence-electron chi connectivity index (χ1n) is 8.82. The zero-order valence-corrected chi connectivity index (χ0v) is 14.8. The lowest BCUT2D eigenvalue weighted by Gasteiger charge is -2.37. The minimum atomic E-state index is 0.0630. The second-order valence-electron chi connectivity index (χ2n) is 6.88. The van der Waals surface area contributed by atoms with Crippen molar-refractivity contribution >= 4 is 17.4 Å². The zero-order valence-electron chi connectivity index (χ0n) is 14.0. The van der Waals surface area contributed by atoms with Crippen LogP contribution in [0.3, 0.4) is 0 Å². The minimum absolute atomic E-state index is 0.0630. The molecule has 2 aromatic heterocycles. The Morgan fingerprint density at radius 3 is 2.92 bits per heavy atom. The van der Waals surface area contributed by atoms with Crippen molar-refractivity contribution in [1.82, 2.24) is 19.8 Å². The summed E-state index contributed by atoms with van der Waals surface area (Å²) < 4.78 is 2.13. The van der Waals surface area contributed by atoms with E-state index < -0.39 is 0 Å². The van der Waals surface area contributed by atoms with Gasteiger partial charge in [-0.2, -0.15) is 0 Å². The molecular weight excluding hydrogens is 320 g/mol. The highest BCUT2D eigenvalue weighted by Gasteiger charge is 2.37. The van der Waals surface area contributed by atoms with Gasteiger partial charge in [0.2, 0.25) is 0 Å². The third-order valence-corrected chi connectivity index (χ3v) is 6.04. The fourth-order valence-corrected chi connectivity index (χ4v) is 4.50. The lowest BCUT2D eigenvalue weighted by Crippen LogP contribution is -2.46. The number of thiazole rings is 1. The van der Waals surface area contributed by atoms with Gasteiger partial charge in [-0.3, -0.25) is 0 Å². The number of rotatable bonds is 4. The Kier molecular flexibility index (Phi) is 4.31. The van der Waals surface area contributed by atoms with E-state index in [-0.39, 0.29) is 18.1 Å². The first-order chi connectivity index (χ1) is 11.7. The molecule has 2 fully saturated rings. The third-order valence-electron chi connectivity index (χ3n) is 5.18. The third kappa shape index (κ3) is 3.07. The number of hydrogen-bond acceptors (Lipinski definition) is 3. The maximum absolute atomic E-state index is 13.0. The Labute approximate surface area is 146 Å². The summed E-state index contributed by atoms with van der Waals surface area (Å²) in [6.07, 6.45) is 9.56. The van der Waals surface area contributed by atoms with Crippen LogP contribution in [0.4, 0.5) is 4.79 Å². The van der Waals surface area contributed by atoms with Crippen molar-refractivity contribution in [3.8, 4) is 0 Å². The Bertz CT molecular complexity index is 692. The molecule has 2 amide bonds. The monoisotopic (exact) mass is 344 g/mol. The van der Waals surface area contributed by atoms with Gasteiger partial charge in [0, 0.05) is 37.1 Å². The van der Waals surface area contributed by atoms with Crippen molar-refractivity contribution in [2.45, 2.75) is 44.2 Å². The number of carbonyl (C=O) groups is 1. The van der Waals surface area contributed by atoms with Gasteiger partial charge in [0.25, 0.3) is 0 Å². The molecule has 4 rings (SSSR count). The molecule has 2 atom stereocenters. The van der Waals surface area contributed by atoms with E-state index in [1.54, 1.807) is 11.3 Å². The number of nitrogens with zero attached hydrogens (tertiary/aromatic N) is 3. The van der Waals surface area contributed by atoms with Crippen molar-refractivity contribution in [3.05, 3.63) is 40.6 Å². The Balaban J connectivity index is 1.52. The number of nitrogens with one attached hydrogen (secondary N) is 1. The molecule has 1 saturated carbocycles. The largest absolute Gasteiger partial charge is 0.353 e. The van der Waals surface area contributed by atoms with Gasteiger partial charge >= 0.3 is 6.03 Å². The van der Waals surface area contributed by atoms with Gasteiger partial charge in [-0.15, -0.1) is 11.3 Å². The number of aryl methyl sites for hydroxylation is 1. The number of urea groups is 1. The number of aromatic nitrogens is 2. The molecule has 1 saturated heterocycles. The molecule has 1 aliphatic heterocycles. The smallest absolute Gasteiger partial charge is 0.318 e. The number of likely N-dealkylation sites (tertiary alicyclic amines) is 1. The topological polar surface area (TPSA) is 50.2 Å². The summed E-state index contributed by atoms with van der Waals surface area (Å²) in [5.41, 5.74) is 1.22. The molecule has 0 spiro atoms. The minimum Gasteiger partial charge on any atom is -0.353 e. The second kappa shape index (κ2) is 6.59. The highest BCUT2D eigenvalue weighted by atomic mass is 32.1. The molecule has 24 heavy (non-hydrogen) atoms. The Morgan fingerprint density at radius 1 is 1.38 bits per heavy atom. The highest BCUT2D eigenvalue weighted by molar-refractivity contribution is 7.09. The summed E-state index contributed by atoms with van der Waals surface area (Å²) in [5, 5.41) is 6.32. The molecule has 0 bridgehead atoms. The molecule has 0 aromatic carbocycles. The van der Waals surface area contributed by atoms with Crippen LogP contribution in [0.25, 0.3) is 0 Å². The van der Waals surface area contributed by atoms with E-state index >= 15 is 0 Å². The molecule has 0 unspecified atom stereocenters. The van der Waals surface area contributed by atoms with Gasteiger partial charge in [0.05, 0.1) is 12.1 Å². The van der Waals surface area contributed by atoms with Crippen LogP contribution in [0.5, 0.6) is 0 Å². The molecule has 0 radical (unpaired) electrons. The molecule has 5 nitrogen and oxygen atoms in total. The summed E-state index contributed by atoms with van der Waals surface area (Å²) >= 11 is 1.64. The SMILES string of the molecule is Cn1cccc1[C@H]1CCCCN1C(=O)N[C@H](c1nccs1)C1CC1. The normalized spacial score (nSPS) is 22.4. The Hall–Kier alpha value is -1.82. The van der Waals surface area contributed by atoms with E-state index in [4.69, 9.17) is 0 Å². The second-order valence-corrected chi connectivity index (χ2v) is 7.81. The van der Waals surface area contributed by atoms with Crippen LogP contribution < -0.4 is 5.32 Å². The van der Waals surface area contributed by atoms with Crippen LogP contribution in [0, 0.1) is 5.92 Å². The van der Waals surface area contributed by atoms with E-state index in [0.717, 1.165) is 24.4 Å². The van der Waals surface area contributed by atoms with E-state index in [9.17, 15) is 4.79 Å². The van der Waals surface area contributed by atoms with Crippen LogP contribution in [-0.2, 0) is 7.05 Å². The molecule has 128 valence electrons. The standard InChI is InChI=1S/C18H24N4OS/c1-21-10-4-6-14(21)15-5-2-3-11-22(15)18(23)20-16(13-7-8-13)17-19-9-12-24-17/h4,6,9-10,12-13,15-16H,2-3,5,7-8,11H2,1H3,(H,20,23)/t15-,16+/m1/s1. The zero-order chi connectivity index (χ0) is 16.5. The average molecular weight is 344 g/mol. The van der Waals surface area contributed by atoms with Gasteiger partial charge < -0.3 is 14.8 Å². The fraction of sp³-hybridized carbons (Fsp3) is 0.556. The van der Waals surface area contributed by atoms with Gasteiger partial charge in [-0.1, -0.05) is 0 Å². The van der Waals surface area contributed by atoms with Crippen molar-refractivity contribution in [1.29, 1.82) is 0 Å². The molecule has 2 aliphatic rings. The summed E-state index contributed by atoms with van der Waals surface area (Å²) in [4.78, 5) is 19.5. The van der Waals surface area contributed by atoms with Crippen molar-refractivity contribution in [2.24, 2.45) is 13.0 Å². The number of piperidine rings is 1. The Morgan fingerprint density at radius 2 is 2.25 bits per heavy atom. The van der Waals surface area contributed by atoms with Gasteiger partial charge in [0.15, 0.2) is 0 Å².